The van der Waals surface area contributed by atoms with Crippen molar-refractivity contribution in [3.8, 4) is 0 Å². The Morgan fingerprint density at radius 2 is 1.32 bits per heavy atom. The van der Waals surface area contributed by atoms with Gasteiger partial charge in [0, 0.05) is 0 Å². The van der Waals surface area contributed by atoms with E-state index in [0.29, 0.717) is 5.56 Å². The van der Waals surface area contributed by atoms with E-state index in [2.05, 4.69) is 31.6 Å². The summed E-state index contributed by atoms with van der Waals surface area (Å²) in [5.41, 5.74) is 1.58. The van der Waals surface area contributed by atoms with Crippen molar-refractivity contribution >= 4 is 32.8 Å². The molecule has 106 valence electrons. The van der Waals surface area contributed by atoms with Crippen molar-refractivity contribution in [2.75, 3.05) is 7.11 Å². The van der Waals surface area contributed by atoms with E-state index in [1.807, 2.05) is 25.1 Å². The highest BCUT2D eigenvalue weighted by atomic mass is 16.5. The maximum atomic E-state index is 11.0. The zero-order valence-corrected chi connectivity index (χ0v) is 11.5. The summed E-state index contributed by atoms with van der Waals surface area (Å²) in [6.07, 6.45) is 0. The number of esters is 1. The first-order valence-electron chi connectivity index (χ1n) is 4.81. The molecule has 0 aromatic heterocycles. The van der Waals surface area contributed by atoms with Crippen molar-refractivity contribution in [1.29, 1.82) is 21.6 Å². The molecule has 6 heteroatoms. The van der Waals surface area contributed by atoms with E-state index in [9.17, 15) is 4.79 Å². The largest absolute Gasteiger partial charge is 0.465 e. The van der Waals surface area contributed by atoms with Crippen molar-refractivity contribution in [3.63, 3.8) is 0 Å². The molecule has 0 aliphatic rings. The number of benzene rings is 1. The standard InChI is InChI=1S/C9H10O2.4CH3N/c1-7-5-3-4-6-8(7)9(10)11-2;4*1-2/h3-6H,1-2H3;4*2H,1H2. The lowest BCUT2D eigenvalue weighted by molar-refractivity contribution is 0.0600. The molecule has 0 aliphatic carbocycles. The number of aryl methyl sites for hydroxylation is 1. The lowest BCUT2D eigenvalue weighted by atomic mass is 10.1. The number of rotatable bonds is 1. The molecule has 0 aliphatic heterocycles. The molecule has 0 atom stereocenters. The van der Waals surface area contributed by atoms with Crippen LogP contribution in [0.3, 0.4) is 0 Å². The number of hydrogen-bond donors (Lipinski definition) is 4. The lowest BCUT2D eigenvalue weighted by Crippen LogP contribution is -2.02. The highest BCUT2D eigenvalue weighted by Crippen LogP contribution is 2.07. The predicted octanol–water partition coefficient (Wildman–Crippen LogP) is 2.84. The van der Waals surface area contributed by atoms with Gasteiger partial charge >= 0.3 is 5.97 Å². The van der Waals surface area contributed by atoms with Crippen LogP contribution >= 0.6 is 0 Å². The number of methoxy groups -OCH3 is 1. The second-order valence-electron chi connectivity index (χ2n) is 2.31. The summed E-state index contributed by atoms with van der Waals surface area (Å²) in [5.74, 6) is -0.275. The van der Waals surface area contributed by atoms with Gasteiger partial charge in [0.05, 0.1) is 12.7 Å². The summed E-state index contributed by atoms with van der Waals surface area (Å²) < 4.78 is 4.58. The molecule has 1 aromatic rings. The van der Waals surface area contributed by atoms with Gasteiger partial charge in [-0.15, -0.1) is 0 Å². The molecule has 4 N–H and O–H groups in total. The summed E-state index contributed by atoms with van der Waals surface area (Å²) in [5, 5.41) is 22.0. The highest BCUT2D eigenvalue weighted by molar-refractivity contribution is 5.90. The van der Waals surface area contributed by atoms with Gasteiger partial charge in [-0.1, -0.05) is 18.2 Å². The minimum Gasteiger partial charge on any atom is -0.465 e. The monoisotopic (exact) mass is 266 g/mol. The van der Waals surface area contributed by atoms with Crippen LogP contribution in [0.5, 0.6) is 0 Å². The van der Waals surface area contributed by atoms with Gasteiger partial charge in [-0.05, 0) is 45.4 Å². The topological polar surface area (TPSA) is 122 Å². The van der Waals surface area contributed by atoms with Crippen LogP contribution in [0.4, 0.5) is 0 Å². The SMILES string of the molecule is C=N.C=N.C=N.C=N.COC(=O)c1ccccc1C. The Bertz CT molecular complexity index is 324. The third-order valence-corrected chi connectivity index (χ3v) is 1.55. The van der Waals surface area contributed by atoms with Gasteiger partial charge in [-0.3, -0.25) is 0 Å². The molecule has 0 saturated heterocycles. The molecule has 6 nitrogen and oxygen atoms in total. The molecule has 1 aromatic carbocycles. The smallest absolute Gasteiger partial charge is 0.338 e. The van der Waals surface area contributed by atoms with Crippen LogP contribution in [0, 0.1) is 28.6 Å². The quantitative estimate of drug-likeness (QED) is 0.461. The van der Waals surface area contributed by atoms with Crippen molar-refractivity contribution < 1.29 is 9.53 Å². The molecule has 0 radical (unpaired) electrons. The van der Waals surface area contributed by atoms with E-state index in [4.69, 9.17) is 21.6 Å². The summed E-state index contributed by atoms with van der Waals surface area (Å²) in [6.45, 7) is 11.9. The lowest BCUT2D eigenvalue weighted by Gasteiger charge is -2.00. The third kappa shape index (κ3) is 13.3. The number of ether oxygens (including phenoxy) is 1. The molecule has 1 rings (SSSR count). The summed E-state index contributed by atoms with van der Waals surface area (Å²) in [7, 11) is 1.38. The van der Waals surface area contributed by atoms with Crippen LogP contribution in [-0.2, 0) is 4.74 Å². The summed E-state index contributed by atoms with van der Waals surface area (Å²) >= 11 is 0. The minimum absolute atomic E-state index is 0.275. The fourth-order valence-electron chi connectivity index (χ4n) is 0.912. The van der Waals surface area contributed by atoms with Crippen LogP contribution in [0.1, 0.15) is 15.9 Å². The average molecular weight is 266 g/mol. The Hall–Kier alpha value is -2.63. The summed E-state index contributed by atoms with van der Waals surface area (Å²) in [4.78, 5) is 11.0. The van der Waals surface area contributed by atoms with Gasteiger partial charge in [0.1, 0.15) is 0 Å². The Labute approximate surface area is 114 Å². The van der Waals surface area contributed by atoms with Gasteiger partial charge in [0.25, 0.3) is 0 Å². The van der Waals surface area contributed by atoms with Crippen LogP contribution in [0.2, 0.25) is 0 Å². The number of hydrogen-bond acceptors (Lipinski definition) is 6. The number of carbonyl (C=O) groups excluding carboxylic acids is 1. The fourth-order valence-corrected chi connectivity index (χ4v) is 0.912. The molecule has 0 fully saturated rings. The predicted molar refractivity (Wildman–Crippen MR) is 81.9 cm³/mol. The first-order valence-corrected chi connectivity index (χ1v) is 4.81. The highest BCUT2D eigenvalue weighted by Gasteiger charge is 2.05. The first-order chi connectivity index (χ1) is 9.25. The van der Waals surface area contributed by atoms with Crippen molar-refractivity contribution in [2.24, 2.45) is 0 Å². The second-order valence-corrected chi connectivity index (χ2v) is 2.31. The van der Waals surface area contributed by atoms with Gasteiger partial charge in [-0.25, -0.2) is 4.79 Å². The zero-order valence-electron chi connectivity index (χ0n) is 11.5. The van der Waals surface area contributed by atoms with E-state index in [1.165, 1.54) is 7.11 Å². The van der Waals surface area contributed by atoms with Gasteiger partial charge in [0.2, 0.25) is 0 Å². The Kier molecular flexibility index (Phi) is 32.7. The Morgan fingerprint density at radius 3 is 1.63 bits per heavy atom. The van der Waals surface area contributed by atoms with Crippen molar-refractivity contribution in [3.05, 3.63) is 35.4 Å². The van der Waals surface area contributed by atoms with Crippen molar-refractivity contribution in [2.45, 2.75) is 6.92 Å². The van der Waals surface area contributed by atoms with E-state index in [1.54, 1.807) is 6.07 Å². The molecule has 0 spiro atoms. The second kappa shape index (κ2) is 24.6. The molecular weight excluding hydrogens is 244 g/mol. The maximum Gasteiger partial charge on any atom is 0.338 e. The molecule has 19 heavy (non-hydrogen) atoms. The van der Waals surface area contributed by atoms with E-state index >= 15 is 0 Å². The zero-order chi connectivity index (χ0) is 16.3. The maximum absolute atomic E-state index is 11.0. The van der Waals surface area contributed by atoms with Crippen LogP contribution in [0.25, 0.3) is 0 Å². The van der Waals surface area contributed by atoms with Crippen molar-refractivity contribution in [1.82, 2.24) is 0 Å². The first kappa shape index (κ1) is 25.3. The molecule has 0 heterocycles. The Balaban J connectivity index is -0.000000121. The fraction of sp³-hybridized carbons (Fsp3) is 0.154. The molecule has 0 bridgehead atoms. The van der Waals surface area contributed by atoms with Crippen LogP contribution in [0.15, 0.2) is 24.3 Å². The normalized spacial score (nSPS) is 6.21. The molecule has 0 unspecified atom stereocenters. The summed E-state index contributed by atoms with van der Waals surface area (Å²) in [6, 6.07) is 7.34. The Morgan fingerprint density at radius 1 is 0.947 bits per heavy atom. The van der Waals surface area contributed by atoms with Gasteiger partial charge in [0.15, 0.2) is 0 Å². The molecule has 0 saturated carbocycles. The van der Waals surface area contributed by atoms with Gasteiger partial charge in [-0.2, -0.15) is 0 Å². The van der Waals surface area contributed by atoms with Crippen LogP contribution < -0.4 is 0 Å². The van der Waals surface area contributed by atoms with Gasteiger partial charge < -0.3 is 26.4 Å². The van der Waals surface area contributed by atoms with E-state index < -0.39 is 0 Å². The van der Waals surface area contributed by atoms with E-state index in [-0.39, 0.29) is 5.97 Å². The number of carbonyl (C=O) groups is 1. The minimum atomic E-state index is -0.275. The van der Waals surface area contributed by atoms with Crippen LogP contribution in [-0.4, -0.2) is 39.9 Å². The molecular formula is C13H22N4O2. The average Bonchev–Trinajstić information content (AvgIpc) is 2.55. The number of nitrogens with one attached hydrogen (secondary N) is 4. The third-order valence-electron chi connectivity index (χ3n) is 1.55. The van der Waals surface area contributed by atoms with E-state index in [0.717, 1.165) is 5.56 Å². The molecule has 0 amide bonds.